The van der Waals surface area contributed by atoms with Gasteiger partial charge >= 0.3 is 0 Å². The maximum absolute atomic E-state index is 12.9. The molecule has 23 heavy (non-hydrogen) atoms. The SMILES string of the molecule is Cc1c(CNC(=O)c2cc(-c3ccc(F)cc3)on2)cnn1C. The molecule has 0 saturated carbocycles. The Bertz CT molecular complexity index is 836. The molecular weight excluding hydrogens is 299 g/mol. The molecule has 3 rings (SSSR count). The molecule has 0 atom stereocenters. The number of hydrogen-bond donors (Lipinski definition) is 1. The summed E-state index contributed by atoms with van der Waals surface area (Å²) in [5.41, 5.74) is 2.74. The molecule has 7 heteroatoms. The van der Waals surface area contributed by atoms with Crippen molar-refractivity contribution in [3.05, 3.63) is 59.3 Å². The van der Waals surface area contributed by atoms with E-state index in [-0.39, 0.29) is 17.4 Å². The van der Waals surface area contributed by atoms with E-state index in [2.05, 4.69) is 15.6 Å². The monoisotopic (exact) mass is 314 g/mol. The summed E-state index contributed by atoms with van der Waals surface area (Å²) in [5, 5.41) is 10.6. The van der Waals surface area contributed by atoms with Gasteiger partial charge in [-0.05, 0) is 31.2 Å². The number of aromatic nitrogens is 3. The summed E-state index contributed by atoms with van der Waals surface area (Å²) < 4.78 is 19.8. The van der Waals surface area contributed by atoms with Crippen LogP contribution in [0.15, 0.2) is 41.1 Å². The first-order valence-electron chi connectivity index (χ1n) is 7.03. The Labute approximate surface area is 131 Å². The number of nitrogens with one attached hydrogen (secondary N) is 1. The highest BCUT2D eigenvalue weighted by molar-refractivity contribution is 5.93. The molecule has 1 amide bonds. The van der Waals surface area contributed by atoms with E-state index in [1.807, 2.05) is 14.0 Å². The summed E-state index contributed by atoms with van der Waals surface area (Å²) in [5.74, 6) is -0.267. The highest BCUT2D eigenvalue weighted by Gasteiger charge is 2.14. The van der Waals surface area contributed by atoms with Gasteiger partial charge in [-0.1, -0.05) is 5.16 Å². The van der Waals surface area contributed by atoms with Crippen molar-refractivity contribution in [2.24, 2.45) is 7.05 Å². The number of halogens is 1. The van der Waals surface area contributed by atoms with Gasteiger partial charge in [0.1, 0.15) is 5.82 Å². The molecule has 0 aliphatic heterocycles. The first kappa shape index (κ1) is 15.0. The normalized spacial score (nSPS) is 10.7. The summed E-state index contributed by atoms with van der Waals surface area (Å²) >= 11 is 0. The molecule has 0 aliphatic rings. The minimum atomic E-state index is -0.342. The Balaban J connectivity index is 1.69. The zero-order chi connectivity index (χ0) is 16.4. The first-order chi connectivity index (χ1) is 11.0. The number of nitrogens with zero attached hydrogens (tertiary/aromatic N) is 3. The summed E-state index contributed by atoms with van der Waals surface area (Å²) in [6.07, 6.45) is 1.71. The Morgan fingerprint density at radius 3 is 2.74 bits per heavy atom. The lowest BCUT2D eigenvalue weighted by atomic mass is 10.1. The average molecular weight is 314 g/mol. The van der Waals surface area contributed by atoms with Crippen LogP contribution in [0.4, 0.5) is 4.39 Å². The number of carbonyl (C=O) groups excluding carboxylic acids is 1. The number of rotatable bonds is 4. The average Bonchev–Trinajstić information content (AvgIpc) is 3.15. The highest BCUT2D eigenvalue weighted by Crippen LogP contribution is 2.20. The van der Waals surface area contributed by atoms with E-state index in [1.165, 1.54) is 18.2 Å². The molecule has 0 bridgehead atoms. The van der Waals surface area contributed by atoms with E-state index < -0.39 is 0 Å². The molecule has 1 aromatic carbocycles. The minimum absolute atomic E-state index is 0.172. The second-order valence-corrected chi connectivity index (χ2v) is 5.14. The molecule has 6 nitrogen and oxygen atoms in total. The van der Waals surface area contributed by atoms with Crippen LogP contribution in [-0.4, -0.2) is 20.8 Å². The molecule has 0 unspecified atom stereocenters. The predicted molar refractivity (Wildman–Crippen MR) is 81.0 cm³/mol. The van der Waals surface area contributed by atoms with Gasteiger partial charge in [0.05, 0.1) is 6.20 Å². The third kappa shape index (κ3) is 3.13. The lowest BCUT2D eigenvalue weighted by Crippen LogP contribution is -2.23. The fourth-order valence-corrected chi connectivity index (χ4v) is 2.12. The standard InChI is InChI=1S/C16H15FN4O2/c1-10-12(9-19-21(10)2)8-18-16(22)14-7-15(23-20-14)11-3-5-13(17)6-4-11/h3-7,9H,8H2,1-2H3,(H,18,22). The van der Waals surface area contributed by atoms with E-state index in [0.717, 1.165) is 11.3 Å². The Kier molecular flexibility index (Phi) is 3.92. The lowest BCUT2D eigenvalue weighted by molar-refractivity contribution is 0.0942. The van der Waals surface area contributed by atoms with E-state index in [9.17, 15) is 9.18 Å². The topological polar surface area (TPSA) is 73.0 Å². The zero-order valence-corrected chi connectivity index (χ0v) is 12.7. The third-order valence-electron chi connectivity index (χ3n) is 3.65. The van der Waals surface area contributed by atoms with Crippen molar-refractivity contribution in [3.63, 3.8) is 0 Å². The maximum atomic E-state index is 12.9. The zero-order valence-electron chi connectivity index (χ0n) is 12.7. The van der Waals surface area contributed by atoms with Gasteiger partial charge in [-0.3, -0.25) is 9.48 Å². The van der Waals surface area contributed by atoms with Crippen LogP contribution in [-0.2, 0) is 13.6 Å². The number of amides is 1. The first-order valence-corrected chi connectivity index (χ1v) is 7.03. The van der Waals surface area contributed by atoms with Gasteiger partial charge in [-0.25, -0.2) is 4.39 Å². The molecular formula is C16H15FN4O2. The number of carbonyl (C=O) groups is 1. The van der Waals surface area contributed by atoms with Crippen LogP contribution in [0.5, 0.6) is 0 Å². The van der Waals surface area contributed by atoms with Crippen LogP contribution < -0.4 is 5.32 Å². The van der Waals surface area contributed by atoms with Gasteiger partial charge in [-0.2, -0.15) is 5.10 Å². The molecule has 3 aromatic rings. The van der Waals surface area contributed by atoms with Crippen LogP contribution in [0.25, 0.3) is 11.3 Å². The molecule has 1 N–H and O–H groups in total. The second-order valence-electron chi connectivity index (χ2n) is 5.14. The largest absolute Gasteiger partial charge is 0.355 e. The molecule has 0 fully saturated rings. The summed E-state index contributed by atoms with van der Waals surface area (Å²) in [4.78, 5) is 12.1. The Morgan fingerprint density at radius 1 is 1.35 bits per heavy atom. The van der Waals surface area contributed by atoms with Crippen molar-refractivity contribution in [1.82, 2.24) is 20.3 Å². The number of benzene rings is 1. The van der Waals surface area contributed by atoms with Crippen molar-refractivity contribution in [3.8, 4) is 11.3 Å². The molecule has 0 saturated heterocycles. The second kappa shape index (κ2) is 6.04. The van der Waals surface area contributed by atoms with Gasteiger partial charge in [0.15, 0.2) is 11.5 Å². The molecule has 0 radical (unpaired) electrons. The molecule has 2 aromatic heterocycles. The summed E-state index contributed by atoms with van der Waals surface area (Å²) in [6, 6.07) is 7.30. The summed E-state index contributed by atoms with van der Waals surface area (Å²) in [6.45, 7) is 2.29. The van der Waals surface area contributed by atoms with Crippen molar-refractivity contribution in [2.45, 2.75) is 13.5 Å². The predicted octanol–water partition coefficient (Wildman–Crippen LogP) is 2.45. The molecule has 0 aliphatic carbocycles. The lowest BCUT2D eigenvalue weighted by Gasteiger charge is -2.02. The van der Waals surface area contributed by atoms with Gasteiger partial charge < -0.3 is 9.84 Å². The van der Waals surface area contributed by atoms with Crippen LogP contribution in [0.2, 0.25) is 0 Å². The fourth-order valence-electron chi connectivity index (χ4n) is 2.12. The van der Waals surface area contributed by atoms with Crippen LogP contribution >= 0.6 is 0 Å². The van der Waals surface area contributed by atoms with Crippen LogP contribution in [0.1, 0.15) is 21.7 Å². The van der Waals surface area contributed by atoms with Crippen molar-refractivity contribution < 1.29 is 13.7 Å². The van der Waals surface area contributed by atoms with Gasteiger partial charge in [0.2, 0.25) is 0 Å². The van der Waals surface area contributed by atoms with E-state index >= 15 is 0 Å². The Morgan fingerprint density at radius 2 is 2.09 bits per heavy atom. The Hall–Kier alpha value is -2.96. The summed E-state index contributed by atoms with van der Waals surface area (Å²) in [7, 11) is 1.84. The maximum Gasteiger partial charge on any atom is 0.273 e. The molecule has 118 valence electrons. The van der Waals surface area contributed by atoms with E-state index in [4.69, 9.17) is 4.52 Å². The van der Waals surface area contributed by atoms with Gasteiger partial charge in [0, 0.05) is 36.5 Å². The minimum Gasteiger partial charge on any atom is -0.355 e. The van der Waals surface area contributed by atoms with Crippen molar-refractivity contribution >= 4 is 5.91 Å². The van der Waals surface area contributed by atoms with Crippen LogP contribution in [0.3, 0.4) is 0 Å². The smallest absolute Gasteiger partial charge is 0.273 e. The van der Waals surface area contributed by atoms with E-state index in [1.54, 1.807) is 23.0 Å². The van der Waals surface area contributed by atoms with Crippen LogP contribution in [0, 0.1) is 12.7 Å². The number of aryl methyl sites for hydroxylation is 1. The molecule has 0 spiro atoms. The number of hydrogen-bond acceptors (Lipinski definition) is 4. The highest BCUT2D eigenvalue weighted by atomic mass is 19.1. The van der Waals surface area contributed by atoms with E-state index in [0.29, 0.717) is 17.9 Å². The quantitative estimate of drug-likeness (QED) is 0.803. The van der Waals surface area contributed by atoms with Gasteiger partial charge in [-0.15, -0.1) is 0 Å². The van der Waals surface area contributed by atoms with Crippen molar-refractivity contribution in [2.75, 3.05) is 0 Å². The third-order valence-corrected chi connectivity index (χ3v) is 3.65. The fraction of sp³-hybridized carbons (Fsp3) is 0.188. The molecule has 2 heterocycles. The van der Waals surface area contributed by atoms with Crippen molar-refractivity contribution in [1.29, 1.82) is 0 Å². The van der Waals surface area contributed by atoms with Gasteiger partial charge in [0.25, 0.3) is 5.91 Å².